The minimum Gasteiger partial charge on any atom is -0.300 e. The van der Waals surface area contributed by atoms with Gasteiger partial charge in [0.2, 0.25) is 0 Å². The van der Waals surface area contributed by atoms with E-state index in [0.717, 1.165) is 25.7 Å². The van der Waals surface area contributed by atoms with Gasteiger partial charge in [-0.05, 0) is 29.4 Å². The molecule has 1 heteroatoms. The highest BCUT2D eigenvalue weighted by atomic mass is 16.1. The number of carbonyl (C=O) groups excluding carboxylic acids is 1. The van der Waals surface area contributed by atoms with Crippen LogP contribution in [0.2, 0.25) is 0 Å². The van der Waals surface area contributed by atoms with E-state index >= 15 is 0 Å². The van der Waals surface area contributed by atoms with Gasteiger partial charge in [0.15, 0.2) is 0 Å². The lowest BCUT2D eigenvalue weighted by molar-refractivity contribution is -0.117. The molecule has 0 amide bonds. The third-order valence-electron chi connectivity index (χ3n) is 3.71. The van der Waals surface area contributed by atoms with Gasteiger partial charge in [0.25, 0.3) is 0 Å². The summed E-state index contributed by atoms with van der Waals surface area (Å²) in [5.41, 5.74) is 2.85. The molecule has 0 aromatic heterocycles. The average molecular weight is 216 g/mol. The SMILES string of the molecule is CCCc1cccc(C2(C)CCC(=O)C2)c1. The second-order valence-electron chi connectivity index (χ2n) is 5.23. The monoisotopic (exact) mass is 216 g/mol. The molecule has 0 heterocycles. The normalized spacial score (nSPS) is 25.0. The zero-order valence-electron chi connectivity index (χ0n) is 10.3. The van der Waals surface area contributed by atoms with Crippen LogP contribution >= 0.6 is 0 Å². The van der Waals surface area contributed by atoms with Gasteiger partial charge in [-0.1, -0.05) is 44.5 Å². The Morgan fingerprint density at radius 3 is 2.81 bits per heavy atom. The lowest BCUT2D eigenvalue weighted by atomic mass is 9.80. The molecule has 16 heavy (non-hydrogen) atoms. The highest BCUT2D eigenvalue weighted by molar-refractivity contribution is 5.82. The fourth-order valence-electron chi connectivity index (χ4n) is 2.66. The lowest BCUT2D eigenvalue weighted by Crippen LogP contribution is -2.17. The molecule has 0 bridgehead atoms. The Bertz CT molecular complexity index is 394. The van der Waals surface area contributed by atoms with Crippen molar-refractivity contribution >= 4 is 5.78 Å². The first-order valence-corrected chi connectivity index (χ1v) is 6.25. The Hall–Kier alpha value is -1.11. The summed E-state index contributed by atoms with van der Waals surface area (Å²) in [4.78, 5) is 11.4. The summed E-state index contributed by atoms with van der Waals surface area (Å²) < 4.78 is 0. The van der Waals surface area contributed by atoms with Gasteiger partial charge in [-0.3, -0.25) is 4.79 Å². The standard InChI is InChI=1S/C15H20O/c1-3-5-12-6-4-7-13(10-12)15(2)9-8-14(16)11-15/h4,6-7,10H,3,5,8-9,11H2,1-2H3. The third kappa shape index (κ3) is 2.18. The highest BCUT2D eigenvalue weighted by Gasteiger charge is 2.35. The van der Waals surface area contributed by atoms with Crippen molar-refractivity contribution in [2.45, 2.75) is 51.4 Å². The van der Waals surface area contributed by atoms with Crippen molar-refractivity contribution < 1.29 is 4.79 Å². The first-order chi connectivity index (χ1) is 7.64. The van der Waals surface area contributed by atoms with Gasteiger partial charge in [0.05, 0.1) is 0 Å². The van der Waals surface area contributed by atoms with Crippen LogP contribution in [0.5, 0.6) is 0 Å². The molecule has 1 saturated carbocycles. The molecule has 1 aromatic rings. The van der Waals surface area contributed by atoms with Gasteiger partial charge in [0, 0.05) is 12.8 Å². The summed E-state index contributed by atoms with van der Waals surface area (Å²) in [5, 5.41) is 0. The van der Waals surface area contributed by atoms with Crippen LogP contribution in [-0.2, 0) is 16.6 Å². The maximum absolute atomic E-state index is 11.4. The van der Waals surface area contributed by atoms with Gasteiger partial charge >= 0.3 is 0 Å². The third-order valence-corrected chi connectivity index (χ3v) is 3.71. The van der Waals surface area contributed by atoms with Crippen molar-refractivity contribution in [2.24, 2.45) is 0 Å². The predicted octanol–water partition coefficient (Wildman–Crippen LogP) is 3.65. The molecule has 0 saturated heterocycles. The zero-order chi connectivity index (χ0) is 11.6. The van der Waals surface area contributed by atoms with Gasteiger partial charge in [-0.25, -0.2) is 0 Å². The molecule has 0 N–H and O–H groups in total. The first-order valence-electron chi connectivity index (χ1n) is 6.25. The molecule has 1 aliphatic rings. The molecule has 1 aliphatic carbocycles. The lowest BCUT2D eigenvalue weighted by Gasteiger charge is -2.23. The van der Waals surface area contributed by atoms with Crippen LogP contribution in [0.25, 0.3) is 0 Å². The number of benzene rings is 1. The molecule has 86 valence electrons. The number of hydrogen-bond donors (Lipinski definition) is 0. The predicted molar refractivity (Wildman–Crippen MR) is 66.6 cm³/mol. The van der Waals surface area contributed by atoms with Crippen LogP contribution in [0, 0.1) is 0 Å². The van der Waals surface area contributed by atoms with E-state index in [4.69, 9.17) is 0 Å². The van der Waals surface area contributed by atoms with E-state index in [1.165, 1.54) is 17.5 Å². The van der Waals surface area contributed by atoms with Crippen molar-refractivity contribution in [3.8, 4) is 0 Å². The van der Waals surface area contributed by atoms with Gasteiger partial charge in [-0.2, -0.15) is 0 Å². The topological polar surface area (TPSA) is 17.1 Å². The number of carbonyl (C=O) groups is 1. The molecule has 0 aliphatic heterocycles. The van der Waals surface area contributed by atoms with Crippen molar-refractivity contribution in [1.82, 2.24) is 0 Å². The molecular formula is C15H20O. The fraction of sp³-hybridized carbons (Fsp3) is 0.533. The van der Waals surface area contributed by atoms with Crippen LogP contribution in [0.1, 0.15) is 50.7 Å². The number of ketones is 1. The Balaban J connectivity index is 2.26. The van der Waals surface area contributed by atoms with E-state index < -0.39 is 0 Å². The second kappa shape index (κ2) is 4.40. The van der Waals surface area contributed by atoms with E-state index in [-0.39, 0.29) is 5.41 Å². The van der Waals surface area contributed by atoms with E-state index in [9.17, 15) is 4.79 Å². The average Bonchev–Trinajstić information content (AvgIpc) is 2.61. The number of hydrogen-bond acceptors (Lipinski definition) is 1. The Kier molecular flexibility index (Phi) is 3.13. The number of rotatable bonds is 3. The molecule has 1 aromatic carbocycles. The Morgan fingerprint density at radius 1 is 1.38 bits per heavy atom. The minimum absolute atomic E-state index is 0.0981. The smallest absolute Gasteiger partial charge is 0.133 e. The molecule has 1 atom stereocenters. The van der Waals surface area contributed by atoms with Gasteiger partial charge in [0.1, 0.15) is 5.78 Å². The summed E-state index contributed by atoms with van der Waals surface area (Å²) in [6.07, 6.45) is 4.81. The molecule has 0 radical (unpaired) electrons. The van der Waals surface area contributed by atoms with Crippen molar-refractivity contribution in [2.75, 3.05) is 0 Å². The van der Waals surface area contributed by atoms with Gasteiger partial charge < -0.3 is 0 Å². The number of Topliss-reactive ketones (excluding diaryl/α,β-unsaturated/α-hetero) is 1. The molecule has 2 rings (SSSR count). The van der Waals surface area contributed by atoms with Crippen molar-refractivity contribution in [3.05, 3.63) is 35.4 Å². The van der Waals surface area contributed by atoms with Crippen LogP contribution in [-0.4, -0.2) is 5.78 Å². The van der Waals surface area contributed by atoms with E-state index in [0.29, 0.717) is 5.78 Å². The second-order valence-corrected chi connectivity index (χ2v) is 5.23. The largest absolute Gasteiger partial charge is 0.300 e. The summed E-state index contributed by atoms with van der Waals surface area (Å²) in [5.74, 6) is 0.420. The maximum atomic E-state index is 11.4. The molecule has 0 spiro atoms. The quantitative estimate of drug-likeness (QED) is 0.753. The van der Waals surface area contributed by atoms with Crippen LogP contribution in [0.4, 0.5) is 0 Å². The van der Waals surface area contributed by atoms with Crippen molar-refractivity contribution in [1.29, 1.82) is 0 Å². The van der Waals surface area contributed by atoms with Crippen LogP contribution in [0.3, 0.4) is 0 Å². The zero-order valence-corrected chi connectivity index (χ0v) is 10.3. The van der Waals surface area contributed by atoms with Crippen LogP contribution in [0.15, 0.2) is 24.3 Å². The van der Waals surface area contributed by atoms with Crippen LogP contribution < -0.4 is 0 Å². The molecular weight excluding hydrogens is 196 g/mol. The summed E-state index contributed by atoms with van der Waals surface area (Å²) >= 11 is 0. The molecule has 1 fully saturated rings. The van der Waals surface area contributed by atoms with E-state index in [1.807, 2.05) is 0 Å². The number of aryl methyl sites for hydroxylation is 1. The fourth-order valence-corrected chi connectivity index (χ4v) is 2.66. The molecule has 1 unspecified atom stereocenters. The first kappa shape index (κ1) is 11.4. The Labute approximate surface area is 97.9 Å². The van der Waals surface area contributed by atoms with Crippen molar-refractivity contribution in [3.63, 3.8) is 0 Å². The highest BCUT2D eigenvalue weighted by Crippen LogP contribution is 2.38. The van der Waals surface area contributed by atoms with E-state index in [1.54, 1.807) is 0 Å². The Morgan fingerprint density at radius 2 is 2.19 bits per heavy atom. The van der Waals surface area contributed by atoms with E-state index in [2.05, 4.69) is 38.1 Å². The molecule has 1 nitrogen and oxygen atoms in total. The summed E-state index contributed by atoms with van der Waals surface area (Å²) in [6, 6.07) is 8.79. The maximum Gasteiger partial charge on any atom is 0.133 e. The summed E-state index contributed by atoms with van der Waals surface area (Å²) in [7, 11) is 0. The van der Waals surface area contributed by atoms with Gasteiger partial charge in [-0.15, -0.1) is 0 Å². The summed E-state index contributed by atoms with van der Waals surface area (Å²) in [6.45, 7) is 4.43. The minimum atomic E-state index is 0.0981.